The van der Waals surface area contributed by atoms with Crippen LogP contribution in [0.25, 0.3) is 33.1 Å². The third-order valence-electron chi connectivity index (χ3n) is 4.62. The number of nitrogens with zero attached hydrogens (tertiary/aromatic N) is 4. The highest BCUT2D eigenvalue weighted by Crippen LogP contribution is 2.24. The van der Waals surface area contributed by atoms with Gasteiger partial charge in [-0.1, -0.05) is 48.5 Å². The van der Waals surface area contributed by atoms with Crippen LogP contribution in [0, 0.1) is 0 Å². The van der Waals surface area contributed by atoms with Crippen LogP contribution in [0.4, 0.5) is 0 Å². The summed E-state index contributed by atoms with van der Waals surface area (Å²) in [6, 6.07) is 21.3. The lowest BCUT2D eigenvalue weighted by molar-refractivity contribution is 0.970. The quantitative estimate of drug-likeness (QED) is 0.448. The maximum absolute atomic E-state index is 13.3. The van der Waals surface area contributed by atoms with E-state index in [4.69, 9.17) is 11.6 Å². The summed E-state index contributed by atoms with van der Waals surface area (Å²) < 4.78 is 3.47. The molecule has 0 unspecified atom stereocenters. The third-order valence-corrected chi connectivity index (χ3v) is 4.86. The highest BCUT2D eigenvalue weighted by molar-refractivity contribution is 6.16. The van der Waals surface area contributed by atoms with Gasteiger partial charge >= 0.3 is 0 Å². The van der Waals surface area contributed by atoms with E-state index in [1.165, 1.54) is 0 Å². The SMILES string of the molecule is O=c1c2ccccc2n2c(CCl)nnc2n1-c1cccc2ccccc12. The number of benzene rings is 3. The van der Waals surface area contributed by atoms with E-state index in [1.807, 2.05) is 71.1 Å². The van der Waals surface area contributed by atoms with Crippen molar-refractivity contribution in [3.05, 3.63) is 82.9 Å². The molecule has 0 aliphatic carbocycles. The van der Waals surface area contributed by atoms with Gasteiger partial charge in [-0.3, -0.25) is 9.20 Å². The van der Waals surface area contributed by atoms with Crippen LogP contribution in [-0.4, -0.2) is 19.2 Å². The molecule has 0 fully saturated rings. The number of hydrogen-bond donors (Lipinski definition) is 0. The fraction of sp³-hybridized carbons (Fsp3) is 0.0500. The van der Waals surface area contributed by atoms with E-state index in [-0.39, 0.29) is 11.4 Å². The molecule has 0 saturated heterocycles. The molecule has 5 rings (SSSR count). The number of fused-ring (bicyclic) bond motifs is 4. The monoisotopic (exact) mass is 360 g/mol. The Morgan fingerprint density at radius 2 is 1.58 bits per heavy atom. The summed E-state index contributed by atoms with van der Waals surface area (Å²) in [7, 11) is 0. The largest absolute Gasteiger partial charge is 0.268 e. The first-order chi connectivity index (χ1) is 12.8. The van der Waals surface area contributed by atoms with Gasteiger partial charge in [0.2, 0.25) is 5.78 Å². The second kappa shape index (κ2) is 5.68. The van der Waals surface area contributed by atoms with Crippen LogP contribution >= 0.6 is 11.6 Å². The molecule has 0 N–H and O–H groups in total. The molecule has 0 saturated carbocycles. The highest BCUT2D eigenvalue weighted by Gasteiger charge is 2.18. The van der Waals surface area contributed by atoms with Crippen molar-refractivity contribution in [2.75, 3.05) is 0 Å². The Morgan fingerprint density at radius 3 is 2.42 bits per heavy atom. The highest BCUT2D eigenvalue weighted by atomic mass is 35.5. The van der Waals surface area contributed by atoms with Crippen LogP contribution in [-0.2, 0) is 5.88 Å². The van der Waals surface area contributed by atoms with Crippen LogP contribution < -0.4 is 5.56 Å². The molecule has 5 aromatic rings. The van der Waals surface area contributed by atoms with E-state index in [0.717, 1.165) is 22.0 Å². The zero-order chi connectivity index (χ0) is 17.7. The lowest BCUT2D eigenvalue weighted by Crippen LogP contribution is -2.22. The predicted molar refractivity (Wildman–Crippen MR) is 103 cm³/mol. The molecule has 0 spiro atoms. The first-order valence-corrected chi connectivity index (χ1v) is 8.75. The summed E-state index contributed by atoms with van der Waals surface area (Å²) in [5.41, 5.74) is 1.40. The summed E-state index contributed by atoms with van der Waals surface area (Å²) >= 11 is 6.07. The Morgan fingerprint density at radius 1 is 0.846 bits per heavy atom. The molecule has 0 bridgehead atoms. The maximum atomic E-state index is 13.3. The average Bonchev–Trinajstić information content (AvgIpc) is 3.12. The molecule has 0 aliphatic rings. The standard InChI is InChI=1S/C20H13ClN4O/c21-12-18-22-23-20-24(18)17-10-4-3-9-15(17)19(26)25(20)16-11-5-7-13-6-1-2-8-14(13)16/h1-11H,12H2. The van der Waals surface area contributed by atoms with Gasteiger partial charge < -0.3 is 0 Å². The molecule has 0 amide bonds. The Balaban J connectivity index is 2.04. The molecule has 0 aliphatic heterocycles. The van der Waals surface area contributed by atoms with E-state index in [9.17, 15) is 4.79 Å². The average molecular weight is 361 g/mol. The van der Waals surface area contributed by atoms with Crippen molar-refractivity contribution in [2.45, 2.75) is 5.88 Å². The Hall–Kier alpha value is -3.18. The molecular weight excluding hydrogens is 348 g/mol. The first-order valence-electron chi connectivity index (χ1n) is 8.21. The number of aromatic nitrogens is 4. The number of rotatable bonds is 2. The van der Waals surface area contributed by atoms with Gasteiger partial charge in [-0.2, -0.15) is 0 Å². The minimum Gasteiger partial charge on any atom is -0.268 e. The van der Waals surface area contributed by atoms with E-state index < -0.39 is 0 Å². The Labute approximate surface area is 153 Å². The minimum atomic E-state index is -0.127. The second-order valence-corrected chi connectivity index (χ2v) is 6.31. The van der Waals surface area contributed by atoms with Gasteiger partial charge in [-0.05, 0) is 23.6 Å². The number of para-hydroxylation sites is 1. The number of alkyl halides is 1. The predicted octanol–water partition coefficient (Wildman–Crippen LogP) is 3.93. The van der Waals surface area contributed by atoms with Gasteiger partial charge in [0, 0.05) is 5.39 Å². The Bertz CT molecular complexity index is 1350. The fourth-order valence-electron chi connectivity index (χ4n) is 3.47. The topological polar surface area (TPSA) is 52.2 Å². The van der Waals surface area contributed by atoms with Crippen LogP contribution in [0.5, 0.6) is 0 Å². The van der Waals surface area contributed by atoms with Crippen LogP contribution in [0.3, 0.4) is 0 Å². The Kier molecular flexibility index (Phi) is 3.30. The van der Waals surface area contributed by atoms with Crippen LogP contribution in [0.15, 0.2) is 71.5 Å². The molecule has 0 radical (unpaired) electrons. The zero-order valence-corrected chi connectivity index (χ0v) is 14.4. The lowest BCUT2D eigenvalue weighted by atomic mass is 10.1. The van der Waals surface area contributed by atoms with Gasteiger partial charge in [-0.15, -0.1) is 21.8 Å². The van der Waals surface area contributed by atoms with Crippen LogP contribution in [0.1, 0.15) is 5.82 Å². The van der Waals surface area contributed by atoms with Crippen LogP contribution in [0.2, 0.25) is 0 Å². The van der Waals surface area contributed by atoms with Gasteiger partial charge in [0.05, 0.1) is 22.5 Å². The lowest BCUT2D eigenvalue weighted by Gasteiger charge is -2.13. The van der Waals surface area contributed by atoms with E-state index >= 15 is 0 Å². The van der Waals surface area contributed by atoms with Gasteiger partial charge in [0.1, 0.15) is 0 Å². The smallest absolute Gasteiger partial charge is 0.267 e. The zero-order valence-electron chi connectivity index (χ0n) is 13.6. The maximum Gasteiger partial charge on any atom is 0.267 e. The summed E-state index contributed by atoms with van der Waals surface area (Å²) in [4.78, 5) is 13.3. The van der Waals surface area contributed by atoms with E-state index in [2.05, 4.69) is 10.2 Å². The molecular formula is C20H13ClN4O. The number of halogens is 1. The van der Waals surface area contributed by atoms with Crippen molar-refractivity contribution in [1.29, 1.82) is 0 Å². The van der Waals surface area contributed by atoms with E-state index in [1.54, 1.807) is 4.57 Å². The first kappa shape index (κ1) is 15.1. The van der Waals surface area contributed by atoms with Crippen molar-refractivity contribution in [1.82, 2.24) is 19.2 Å². The van der Waals surface area contributed by atoms with Gasteiger partial charge in [0.15, 0.2) is 5.82 Å². The second-order valence-electron chi connectivity index (χ2n) is 6.04. The molecule has 126 valence electrons. The summed E-state index contributed by atoms with van der Waals surface area (Å²) in [5.74, 6) is 1.27. The van der Waals surface area contributed by atoms with Crippen molar-refractivity contribution in [3.8, 4) is 5.69 Å². The van der Waals surface area contributed by atoms with Gasteiger partial charge in [0.25, 0.3) is 5.56 Å². The molecule has 6 heteroatoms. The third kappa shape index (κ3) is 2.01. The summed E-state index contributed by atoms with van der Waals surface area (Å²) in [6.45, 7) is 0. The van der Waals surface area contributed by atoms with Crippen molar-refractivity contribution in [3.63, 3.8) is 0 Å². The van der Waals surface area contributed by atoms with Crippen molar-refractivity contribution >= 4 is 39.1 Å². The van der Waals surface area contributed by atoms with Crippen molar-refractivity contribution in [2.24, 2.45) is 0 Å². The minimum absolute atomic E-state index is 0.127. The molecule has 2 heterocycles. The summed E-state index contributed by atoms with van der Waals surface area (Å²) in [5, 5.41) is 11.1. The van der Waals surface area contributed by atoms with Gasteiger partial charge in [-0.25, -0.2) is 4.57 Å². The normalized spacial score (nSPS) is 11.6. The van der Waals surface area contributed by atoms with Crippen molar-refractivity contribution < 1.29 is 0 Å². The number of hydrogen-bond acceptors (Lipinski definition) is 3. The molecule has 5 nitrogen and oxygen atoms in total. The molecule has 3 aromatic carbocycles. The molecule has 0 atom stereocenters. The summed E-state index contributed by atoms with van der Waals surface area (Å²) in [6.07, 6.45) is 0. The van der Waals surface area contributed by atoms with E-state index in [0.29, 0.717) is 17.0 Å². The fourth-order valence-corrected chi connectivity index (χ4v) is 3.64. The molecule has 2 aromatic heterocycles. The molecule has 26 heavy (non-hydrogen) atoms.